The molecular formula is C20H22Cl2N2O3S. The first-order chi connectivity index (χ1) is 13.3. The fourth-order valence-electron chi connectivity index (χ4n) is 3.28. The molecule has 3 rings (SSSR count). The lowest BCUT2D eigenvalue weighted by Crippen LogP contribution is -2.44. The summed E-state index contributed by atoms with van der Waals surface area (Å²) in [5.74, 6) is -0.752. The standard InChI is InChI=1S/C20H22Cl2N2O3S/c1-14-5-2-3-7-19(14)23-20(25)15-6-4-10-24(12-15)28(26,27)13-16-8-9-17(21)11-18(16)22/h2-3,5,7-9,11,15H,4,6,10,12-13H2,1H3,(H,23,25). The highest BCUT2D eigenvalue weighted by Crippen LogP contribution is 2.27. The third-order valence-electron chi connectivity index (χ3n) is 4.90. The normalized spacial score (nSPS) is 18.0. The summed E-state index contributed by atoms with van der Waals surface area (Å²) in [6.07, 6.45) is 1.30. The van der Waals surface area contributed by atoms with Crippen LogP contribution in [0.3, 0.4) is 0 Å². The number of benzene rings is 2. The molecule has 1 N–H and O–H groups in total. The van der Waals surface area contributed by atoms with Gasteiger partial charge in [0.05, 0.1) is 11.7 Å². The van der Waals surface area contributed by atoms with E-state index in [0.29, 0.717) is 35.0 Å². The second kappa shape index (κ2) is 8.82. The lowest BCUT2D eigenvalue weighted by Gasteiger charge is -2.31. The number of sulfonamides is 1. The quantitative estimate of drug-likeness (QED) is 0.744. The zero-order chi connectivity index (χ0) is 20.3. The van der Waals surface area contributed by atoms with Gasteiger partial charge in [-0.05, 0) is 49.1 Å². The summed E-state index contributed by atoms with van der Waals surface area (Å²) in [5, 5.41) is 3.70. The van der Waals surface area contributed by atoms with Gasteiger partial charge in [0.1, 0.15) is 0 Å². The third-order valence-corrected chi connectivity index (χ3v) is 7.29. The predicted octanol–water partition coefficient (Wildman–Crippen LogP) is 4.48. The molecular weight excluding hydrogens is 419 g/mol. The first kappa shape index (κ1) is 21.1. The van der Waals surface area contributed by atoms with Gasteiger partial charge in [-0.3, -0.25) is 4.79 Å². The van der Waals surface area contributed by atoms with E-state index < -0.39 is 10.0 Å². The van der Waals surface area contributed by atoms with Crippen LogP contribution in [-0.4, -0.2) is 31.7 Å². The molecule has 150 valence electrons. The van der Waals surface area contributed by atoms with Crippen molar-refractivity contribution in [3.63, 3.8) is 0 Å². The Kier molecular flexibility index (Phi) is 6.65. The minimum Gasteiger partial charge on any atom is -0.326 e. The molecule has 1 aliphatic heterocycles. The molecule has 1 fully saturated rings. The number of carbonyl (C=O) groups excluding carboxylic acids is 1. The molecule has 1 amide bonds. The molecule has 8 heteroatoms. The molecule has 1 aliphatic rings. The fourth-order valence-corrected chi connectivity index (χ4v) is 5.48. The second-order valence-corrected chi connectivity index (χ2v) is 9.81. The van der Waals surface area contributed by atoms with Gasteiger partial charge in [0.2, 0.25) is 15.9 Å². The van der Waals surface area contributed by atoms with E-state index in [4.69, 9.17) is 23.2 Å². The molecule has 28 heavy (non-hydrogen) atoms. The molecule has 1 atom stereocenters. The average Bonchev–Trinajstić information content (AvgIpc) is 2.66. The fraction of sp³-hybridized carbons (Fsp3) is 0.350. The number of rotatable bonds is 5. The Hall–Kier alpha value is -1.60. The van der Waals surface area contributed by atoms with Gasteiger partial charge in [0.25, 0.3) is 0 Å². The molecule has 0 aliphatic carbocycles. The van der Waals surface area contributed by atoms with Gasteiger partial charge < -0.3 is 5.32 Å². The second-order valence-electron chi connectivity index (χ2n) is 6.99. The van der Waals surface area contributed by atoms with Crippen LogP contribution in [0, 0.1) is 12.8 Å². The van der Waals surface area contributed by atoms with Gasteiger partial charge in [-0.25, -0.2) is 12.7 Å². The summed E-state index contributed by atoms with van der Waals surface area (Å²) < 4.78 is 27.1. The minimum atomic E-state index is -3.59. The van der Waals surface area contributed by atoms with Crippen molar-refractivity contribution in [2.24, 2.45) is 5.92 Å². The number of halogens is 2. The molecule has 0 aromatic heterocycles. The third kappa shape index (κ3) is 5.06. The van der Waals surface area contributed by atoms with Crippen LogP contribution in [-0.2, 0) is 20.6 Å². The summed E-state index contributed by atoms with van der Waals surface area (Å²) in [4.78, 5) is 12.7. The highest BCUT2D eigenvalue weighted by molar-refractivity contribution is 7.88. The van der Waals surface area contributed by atoms with E-state index in [0.717, 1.165) is 11.3 Å². The van der Waals surface area contributed by atoms with Crippen LogP contribution < -0.4 is 5.32 Å². The smallest absolute Gasteiger partial charge is 0.228 e. The van der Waals surface area contributed by atoms with Crippen LogP contribution in [0.4, 0.5) is 5.69 Å². The Morgan fingerprint density at radius 3 is 2.68 bits per heavy atom. The molecule has 2 aromatic rings. The number of aryl methyl sites for hydroxylation is 1. The minimum absolute atomic E-state index is 0.154. The van der Waals surface area contributed by atoms with Crippen molar-refractivity contribution in [1.82, 2.24) is 4.31 Å². The predicted molar refractivity (Wildman–Crippen MR) is 113 cm³/mol. The Bertz CT molecular complexity index is 979. The van der Waals surface area contributed by atoms with Gasteiger partial charge in [-0.15, -0.1) is 0 Å². The lowest BCUT2D eigenvalue weighted by atomic mass is 9.98. The largest absolute Gasteiger partial charge is 0.326 e. The lowest BCUT2D eigenvalue weighted by molar-refractivity contribution is -0.120. The first-order valence-corrected chi connectivity index (χ1v) is 11.4. The van der Waals surface area contributed by atoms with E-state index in [1.54, 1.807) is 12.1 Å². The number of hydrogen-bond donors (Lipinski definition) is 1. The van der Waals surface area contributed by atoms with Crippen molar-refractivity contribution in [2.45, 2.75) is 25.5 Å². The van der Waals surface area contributed by atoms with Crippen LogP contribution in [0.15, 0.2) is 42.5 Å². The number of anilines is 1. The zero-order valence-electron chi connectivity index (χ0n) is 15.5. The number of nitrogens with zero attached hydrogens (tertiary/aromatic N) is 1. The average molecular weight is 441 g/mol. The van der Waals surface area contributed by atoms with Gasteiger partial charge in [-0.1, -0.05) is 47.5 Å². The number of para-hydroxylation sites is 1. The van der Waals surface area contributed by atoms with Crippen LogP contribution in [0.25, 0.3) is 0 Å². The summed E-state index contributed by atoms with van der Waals surface area (Å²) in [5.41, 5.74) is 2.21. The van der Waals surface area contributed by atoms with E-state index in [9.17, 15) is 13.2 Å². The first-order valence-electron chi connectivity index (χ1n) is 9.04. The molecule has 1 heterocycles. The number of piperidine rings is 1. The maximum atomic E-state index is 12.9. The topological polar surface area (TPSA) is 66.5 Å². The monoisotopic (exact) mass is 440 g/mol. The van der Waals surface area contributed by atoms with Crippen LogP contribution in [0.2, 0.25) is 10.0 Å². The Morgan fingerprint density at radius 2 is 1.96 bits per heavy atom. The summed E-state index contributed by atoms with van der Waals surface area (Å²) in [6, 6.07) is 12.3. The van der Waals surface area contributed by atoms with Gasteiger partial charge >= 0.3 is 0 Å². The molecule has 1 saturated heterocycles. The van der Waals surface area contributed by atoms with E-state index in [2.05, 4.69) is 5.32 Å². The zero-order valence-corrected chi connectivity index (χ0v) is 17.8. The Morgan fingerprint density at radius 1 is 1.21 bits per heavy atom. The number of amides is 1. The number of hydrogen-bond acceptors (Lipinski definition) is 3. The molecule has 2 aromatic carbocycles. The Labute approximate surface area is 175 Å². The van der Waals surface area contributed by atoms with Crippen molar-refractivity contribution >= 4 is 44.8 Å². The van der Waals surface area contributed by atoms with Crippen molar-refractivity contribution in [3.8, 4) is 0 Å². The molecule has 1 unspecified atom stereocenters. The molecule has 0 saturated carbocycles. The number of nitrogens with one attached hydrogen (secondary N) is 1. The van der Waals surface area contributed by atoms with Crippen molar-refractivity contribution in [3.05, 3.63) is 63.6 Å². The molecule has 0 radical (unpaired) electrons. The number of carbonyl (C=O) groups is 1. The summed E-state index contributed by atoms with van der Waals surface area (Å²) in [7, 11) is -3.59. The van der Waals surface area contributed by atoms with E-state index in [1.807, 2.05) is 31.2 Å². The Balaban J connectivity index is 1.69. The highest BCUT2D eigenvalue weighted by atomic mass is 35.5. The molecule has 0 bridgehead atoms. The SMILES string of the molecule is Cc1ccccc1NC(=O)C1CCCN(S(=O)(=O)Cc2ccc(Cl)cc2Cl)C1. The van der Waals surface area contributed by atoms with E-state index in [-0.39, 0.29) is 24.1 Å². The summed E-state index contributed by atoms with van der Waals surface area (Å²) >= 11 is 12.0. The van der Waals surface area contributed by atoms with Crippen molar-refractivity contribution < 1.29 is 13.2 Å². The van der Waals surface area contributed by atoms with Crippen LogP contribution in [0.5, 0.6) is 0 Å². The molecule has 0 spiro atoms. The molecule has 5 nitrogen and oxygen atoms in total. The van der Waals surface area contributed by atoms with E-state index >= 15 is 0 Å². The van der Waals surface area contributed by atoms with Gasteiger partial charge in [0.15, 0.2) is 0 Å². The maximum Gasteiger partial charge on any atom is 0.228 e. The van der Waals surface area contributed by atoms with E-state index in [1.165, 1.54) is 10.4 Å². The van der Waals surface area contributed by atoms with Crippen LogP contribution >= 0.6 is 23.2 Å². The highest BCUT2D eigenvalue weighted by Gasteiger charge is 2.32. The van der Waals surface area contributed by atoms with Crippen molar-refractivity contribution in [1.29, 1.82) is 0 Å². The van der Waals surface area contributed by atoms with Gasteiger partial charge in [-0.2, -0.15) is 0 Å². The van der Waals surface area contributed by atoms with Gasteiger partial charge in [0, 0.05) is 28.8 Å². The van der Waals surface area contributed by atoms with Crippen molar-refractivity contribution in [2.75, 3.05) is 18.4 Å². The van der Waals surface area contributed by atoms with Crippen LogP contribution in [0.1, 0.15) is 24.0 Å². The summed E-state index contributed by atoms with van der Waals surface area (Å²) in [6.45, 7) is 2.50. The maximum absolute atomic E-state index is 12.9.